The van der Waals surface area contributed by atoms with Crippen molar-refractivity contribution in [2.75, 3.05) is 25.0 Å². The molecule has 6 rings (SSSR count). The lowest BCUT2D eigenvalue weighted by atomic mass is 10.0. The fourth-order valence-electron chi connectivity index (χ4n) is 5.57. The van der Waals surface area contributed by atoms with E-state index in [9.17, 15) is 23.2 Å². The summed E-state index contributed by atoms with van der Waals surface area (Å²) in [5.74, 6) is -3.77. The molecule has 4 heterocycles. The number of aryl methyl sites for hydroxylation is 1. The van der Waals surface area contributed by atoms with E-state index in [2.05, 4.69) is 25.7 Å². The predicted octanol–water partition coefficient (Wildman–Crippen LogP) is 4.59. The van der Waals surface area contributed by atoms with E-state index < -0.39 is 11.8 Å². The Labute approximate surface area is 244 Å². The highest BCUT2D eigenvalue weighted by Crippen LogP contribution is 2.33. The van der Waals surface area contributed by atoms with E-state index in [1.807, 2.05) is 0 Å². The number of H-pyrrole nitrogens is 1. The summed E-state index contributed by atoms with van der Waals surface area (Å²) in [7, 11) is 0. The minimum Gasteiger partial charge on any atom is -0.339 e. The number of alkyl halides is 2. The van der Waals surface area contributed by atoms with Gasteiger partial charge in [0, 0.05) is 55.8 Å². The smallest absolute Gasteiger partial charge is 0.270 e. The maximum Gasteiger partial charge on any atom is 0.270 e. The molecular weight excluding hydrogens is 564 g/mol. The van der Waals surface area contributed by atoms with Crippen molar-refractivity contribution in [2.45, 2.75) is 45.1 Å². The number of aromatic amines is 1. The van der Waals surface area contributed by atoms with Crippen molar-refractivity contribution < 1.29 is 23.2 Å². The number of carbonyl (C=O) groups excluding carboxylic acids is 3. The van der Waals surface area contributed by atoms with E-state index in [4.69, 9.17) is 0 Å². The third kappa shape index (κ3) is 5.48. The minimum absolute atomic E-state index is 0.0424. The average molecular weight is 594 g/mol. The van der Waals surface area contributed by atoms with Gasteiger partial charge < -0.3 is 15.1 Å². The Kier molecular flexibility index (Phi) is 7.21. The van der Waals surface area contributed by atoms with Crippen LogP contribution < -0.4 is 5.32 Å². The highest BCUT2D eigenvalue weighted by Gasteiger charge is 2.39. The van der Waals surface area contributed by atoms with Crippen LogP contribution in [0.3, 0.4) is 0 Å². The zero-order valence-electron chi connectivity index (χ0n) is 23.1. The van der Waals surface area contributed by atoms with Crippen molar-refractivity contribution in [1.82, 2.24) is 30.2 Å². The van der Waals surface area contributed by atoms with Gasteiger partial charge in [-0.3, -0.25) is 19.5 Å². The van der Waals surface area contributed by atoms with Crippen LogP contribution in [0.15, 0.2) is 42.5 Å². The van der Waals surface area contributed by atoms with Crippen LogP contribution >= 0.6 is 11.3 Å². The van der Waals surface area contributed by atoms with Crippen molar-refractivity contribution in [3.63, 3.8) is 0 Å². The topological polar surface area (TPSA) is 124 Å². The molecule has 2 N–H and O–H groups in total. The number of likely N-dealkylation sites (tertiary alicyclic amines) is 2. The van der Waals surface area contributed by atoms with Gasteiger partial charge in [0.15, 0.2) is 0 Å². The minimum atomic E-state index is -2.92. The molecule has 13 heteroatoms. The van der Waals surface area contributed by atoms with E-state index >= 15 is 0 Å². The summed E-state index contributed by atoms with van der Waals surface area (Å²) in [4.78, 5) is 47.8. The van der Waals surface area contributed by atoms with E-state index in [1.54, 1.807) is 47.1 Å². The molecule has 3 amide bonds. The van der Waals surface area contributed by atoms with Gasteiger partial charge in [0.25, 0.3) is 11.8 Å². The number of thiazole rings is 1. The molecular formula is C29H29F2N7O3S. The number of aromatic nitrogens is 4. The second-order valence-electron chi connectivity index (χ2n) is 10.9. The summed E-state index contributed by atoms with van der Waals surface area (Å²) in [5.41, 5.74) is 3.20. The first-order valence-corrected chi connectivity index (χ1v) is 14.5. The van der Waals surface area contributed by atoms with Crippen molar-refractivity contribution in [3.8, 4) is 10.6 Å². The summed E-state index contributed by atoms with van der Waals surface area (Å²) in [6, 6.07) is 11.2. The molecule has 0 bridgehead atoms. The van der Waals surface area contributed by atoms with E-state index in [1.165, 1.54) is 23.5 Å². The van der Waals surface area contributed by atoms with Crippen molar-refractivity contribution in [3.05, 3.63) is 58.6 Å². The molecule has 2 aliphatic rings. The first kappa shape index (κ1) is 27.9. The lowest BCUT2D eigenvalue weighted by molar-refractivity contribution is -0.130. The number of nitrogens with one attached hydrogen (secondary N) is 2. The number of rotatable bonds is 6. The average Bonchev–Trinajstić information content (AvgIpc) is 3.70. The molecule has 4 aromatic rings. The lowest BCUT2D eigenvalue weighted by Crippen LogP contribution is -2.47. The molecule has 2 aliphatic heterocycles. The number of hydrogen-bond acceptors (Lipinski definition) is 7. The van der Waals surface area contributed by atoms with Crippen LogP contribution in [-0.2, 0) is 15.5 Å². The normalized spacial score (nSPS) is 18.2. The zero-order valence-corrected chi connectivity index (χ0v) is 23.9. The molecule has 0 aliphatic carbocycles. The summed E-state index contributed by atoms with van der Waals surface area (Å²) >= 11 is 1.25. The van der Waals surface area contributed by atoms with Gasteiger partial charge in [0.2, 0.25) is 11.8 Å². The summed E-state index contributed by atoms with van der Waals surface area (Å²) < 4.78 is 27.2. The van der Waals surface area contributed by atoms with Crippen molar-refractivity contribution in [1.29, 1.82) is 0 Å². The second-order valence-corrected chi connectivity index (χ2v) is 11.9. The molecule has 42 heavy (non-hydrogen) atoms. The first-order valence-electron chi connectivity index (χ1n) is 13.7. The molecule has 2 aromatic heterocycles. The Morgan fingerprint density at radius 3 is 2.57 bits per heavy atom. The van der Waals surface area contributed by atoms with Gasteiger partial charge in [-0.2, -0.15) is 0 Å². The van der Waals surface area contributed by atoms with Crippen molar-refractivity contribution in [2.24, 2.45) is 5.92 Å². The number of anilines is 1. The van der Waals surface area contributed by atoms with E-state index in [0.717, 1.165) is 12.4 Å². The zero-order chi connectivity index (χ0) is 29.6. The van der Waals surface area contributed by atoms with Gasteiger partial charge in [-0.1, -0.05) is 29.5 Å². The Morgan fingerprint density at radius 1 is 1.12 bits per heavy atom. The standard InChI is InChI=1S/C29H29F2N7O3S/c1-16-25(42-27(32-16)17-3-5-19(6-4-17)29(2,30)31)28(41)37-11-9-21(10-12-37)38-15-18(13-24(38)39)26(40)33-20-7-8-22-23(14-20)35-36-34-22/h3-8,14,18,21H,9-13,15H2,1-2H3,(H,33,40)(H,34,35,36). The lowest BCUT2D eigenvalue weighted by Gasteiger charge is -2.36. The van der Waals surface area contributed by atoms with E-state index in [0.29, 0.717) is 64.8 Å². The number of carbonyl (C=O) groups is 3. The third-order valence-electron chi connectivity index (χ3n) is 7.94. The predicted molar refractivity (Wildman–Crippen MR) is 153 cm³/mol. The molecule has 2 fully saturated rings. The van der Waals surface area contributed by atoms with Gasteiger partial charge in [0.1, 0.15) is 15.4 Å². The monoisotopic (exact) mass is 593 g/mol. The van der Waals surface area contributed by atoms with Gasteiger partial charge in [0.05, 0.1) is 17.1 Å². The Balaban J connectivity index is 1.05. The molecule has 10 nitrogen and oxygen atoms in total. The third-order valence-corrected chi connectivity index (χ3v) is 9.14. The first-order chi connectivity index (χ1) is 20.1. The van der Waals surface area contributed by atoms with Crippen LogP contribution in [0, 0.1) is 12.8 Å². The number of benzene rings is 2. The maximum atomic E-state index is 13.6. The summed E-state index contributed by atoms with van der Waals surface area (Å²) in [6.07, 6.45) is 1.38. The van der Waals surface area contributed by atoms with Gasteiger partial charge in [-0.25, -0.2) is 13.8 Å². The fourth-order valence-corrected chi connectivity index (χ4v) is 6.61. The molecule has 0 radical (unpaired) electrons. The Morgan fingerprint density at radius 2 is 1.86 bits per heavy atom. The van der Waals surface area contributed by atoms with Crippen LogP contribution in [0.25, 0.3) is 21.6 Å². The molecule has 2 saturated heterocycles. The molecule has 0 saturated carbocycles. The Bertz CT molecular complexity index is 1660. The van der Waals surface area contributed by atoms with Crippen LogP contribution in [0.4, 0.5) is 14.5 Å². The SMILES string of the molecule is Cc1nc(-c2ccc(C(C)(F)F)cc2)sc1C(=O)N1CCC(N2CC(C(=O)Nc3ccc4[nH]nnc4c3)CC2=O)CC1. The summed E-state index contributed by atoms with van der Waals surface area (Å²) in [5, 5.41) is 14.0. The molecule has 1 unspecified atom stereocenters. The van der Waals surface area contributed by atoms with Crippen LogP contribution in [0.1, 0.15) is 47.1 Å². The summed E-state index contributed by atoms with van der Waals surface area (Å²) in [6.45, 7) is 3.93. The van der Waals surface area contributed by atoms with Gasteiger partial charge in [-0.15, -0.1) is 16.4 Å². The highest BCUT2D eigenvalue weighted by molar-refractivity contribution is 7.17. The van der Waals surface area contributed by atoms with Gasteiger partial charge >= 0.3 is 0 Å². The fraction of sp³-hybridized carbons (Fsp3) is 0.379. The number of hydrogen-bond donors (Lipinski definition) is 2. The van der Waals surface area contributed by atoms with Crippen LogP contribution in [0.2, 0.25) is 0 Å². The molecule has 218 valence electrons. The van der Waals surface area contributed by atoms with Crippen LogP contribution in [-0.4, -0.2) is 73.6 Å². The number of fused-ring (bicyclic) bond motifs is 1. The largest absolute Gasteiger partial charge is 0.339 e. The number of piperidine rings is 1. The Hall–Kier alpha value is -4.26. The second kappa shape index (κ2) is 10.9. The van der Waals surface area contributed by atoms with Crippen molar-refractivity contribution >= 4 is 45.8 Å². The molecule has 2 aromatic carbocycles. The highest BCUT2D eigenvalue weighted by atomic mass is 32.1. The van der Waals surface area contributed by atoms with Crippen LogP contribution in [0.5, 0.6) is 0 Å². The molecule has 1 atom stereocenters. The van der Waals surface area contributed by atoms with Gasteiger partial charge in [-0.05, 0) is 38.0 Å². The number of nitrogens with zero attached hydrogens (tertiary/aromatic N) is 5. The number of amides is 3. The molecule has 0 spiro atoms. The number of halogens is 2. The maximum absolute atomic E-state index is 13.6. The quantitative estimate of drug-likeness (QED) is 0.337. The van der Waals surface area contributed by atoms with E-state index in [-0.39, 0.29) is 35.7 Å².